The van der Waals surface area contributed by atoms with Gasteiger partial charge in [0.15, 0.2) is 5.65 Å². The van der Waals surface area contributed by atoms with Crippen LogP contribution in [-0.4, -0.2) is 33.3 Å². The van der Waals surface area contributed by atoms with Crippen molar-refractivity contribution in [3.05, 3.63) is 48.3 Å². The average Bonchev–Trinajstić information content (AvgIpc) is 3.04. The van der Waals surface area contributed by atoms with Crippen LogP contribution in [0.15, 0.2) is 42.7 Å². The first kappa shape index (κ1) is 15.6. The number of para-hydroxylation sites is 2. The topological polar surface area (TPSA) is 60.2 Å². The van der Waals surface area contributed by atoms with Crippen molar-refractivity contribution in [3.63, 3.8) is 0 Å². The lowest BCUT2D eigenvalue weighted by atomic mass is 10.1. The Morgan fingerprint density at radius 2 is 2.08 bits per heavy atom. The third-order valence-corrected chi connectivity index (χ3v) is 4.43. The third-order valence-electron chi connectivity index (χ3n) is 4.43. The van der Waals surface area contributed by atoms with E-state index in [1.165, 1.54) is 0 Å². The number of anilines is 1. The maximum Gasteiger partial charge on any atom is 0.260 e. The fraction of sp³-hybridized carbons (Fsp3) is 0.316. The minimum atomic E-state index is -0.0741. The van der Waals surface area contributed by atoms with Crippen molar-refractivity contribution in [3.8, 4) is 5.75 Å². The summed E-state index contributed by atoms with van der Waals surface area (Å²) in [5, 5.41) is 5.24. The van der Waals surface area contributed by atoms with Crippen molar-refractivity contribution in [1.82, 2.24) is 14.8 Å². The van der Waals surface area contributed by atoms with Crippen molar-refractivity contribution in [2.75, 3.05) is 11.5 Å². The predicted octanol–water partition coefficient (Wildman–Crippen LogP) is 3.44. The van der Waals surface area contributed by atoms with Crippen LogP contribution >= 0.6 is 0 Å². The van der Waals surface area contributed by atoms with Crippen LogP contribution in [-0.2, 0) is 0 Å². The SMILES string of the molecule is CC1COc2ccccc2N1C(=O)c1cnc2c(cnn2C(C)C)c1. The van der Waals surface area contributed by atoms with Gasteiger partial charge in [-0.25, -0.2) is 9.67 Å². The Morgan fingerprint density at radius 3 is 2.88 bits per heavy atom. The van der Waals surface area contributed by atoms with Crippen LogP contribution in [0.5, 0.6) is 5.75 Å². The second-order valence-electron chi connectivity index (χ2n) is 6.62. The molecule has 3 heterocycles. The van der Waals surface area contributed by atoms with E-state index in [1.54, 1.807) is 17.3 Å². The van der Waals surface area contributed by atoms with Crippen molar-refractivity contribution in [2.24, 2.45) is 0 Å². The number of benzene rings is 1. The Morgan fingerprint density at radius 1 is 1.28 bits per heavy atom. The van der Waals surface area contributed by atoms with Crippen LogP contribution < -0.4 is 9.64 Å². The maximum absolute atomic E-state index is 13.2. The molecule has 0 saturated heterocycles. The summed E-state index contributed by atoms with van der Waals surface area (Å²) in [5.41, 5.74) is 2.14. The van der Waals surface area contributed by atoms with Crippen LogP contribution in [0.4, 0.5) is 5.69 Å². The number of carbonyl (C=O) groups is 1. The van der Waals surface area contributed by atoms with Crippen molar-refractivity contribution >= 4 is 22.6 Å². The quantitative estimate of drug-likeness (QED) is 0.719. The lowest BCUT2D eigenvalue weighted by Crippen LogP contribution is -2.45. The number of aromatic nitrogens is 3. The van der Waals surface area contributed by atoms with Crippen LogP contribution in [0.3, 0.4) is 0 Å². The van der Waals surface area contributed by atoms with Crippen LogP contribution in [0.25, 0.3) is 11.0 Å². The highest BCUT2D eigenvalue weighted by molar-refractivity contribution is 6.08. The summed E-state index contributed by atoms with van der Waals surface area (Å²) in [6.07, 6.45) is 3.39. The summed E-state index contributed by atoms with van der Waals surface area (Å²) in [6.45, 7) is 6.57. The monoisotopic (exact) mass is 336 g/mol. The zero-order valence-corrected chi connectivity index (χ0v) is 14.5. The number of pyridine rings is 1. The first-order chi connectivity index (χ1) is 12.1. The molecule has 4 rings (SSSR count). The van der Waals surface area contributed by atoms with Gasteiger partial charge >= 0.3 is 0 Å². The van der Waals surface area contributed by atoms with E-state index in [0.29, 0.717) is 12.2 Å². The zero-order chi connectivity index (χ0) is 17.6. The van der Waals surface area contributed by atoms with Gasteiger partial charge in [0, 0.05) is 17.6 Å². The van der Waals surface area contributed by atoms with E-state index in [9.17, 15) is 4.79 Å². The maximum atomic E-state index is 13.2. The molecule has 0 spiro atoms. The smallest absolute Gasteiger partial charge is 0.260 e. The predicted molar refractivity (Wildman–Crippen MR) is 96.1 cm³/mol. The van der Waals surface area contributed by atoms with E-state index < -0.39 is 0 Å². The van der Waals surface area contributed by atoms with E-state index in [4.69, 9.17) is 4.74 Å². The lowest BCUT2D eigenvalue weighted by molar-refractivity contribution is 0.0961. The Kier molecular flexibility index (Phi) is 3.67. The Labute approximate surface area is 146 Å². The Bertz CT molecular complexity index is 948. The summed E-state index contributed by atoms with van der Waals surface area (Å²) < 4.78 is 7.59. The van der Waals surface area contributed by atoms with Gasteiger partial charge in [0.1, 0.15) is 12.4 Å². The second-order valence-corrected chi connectivity index (χ2v) is 6.62. The summed E-state index contributed by atoms with van der Waals surface area (Å²) in [5.74, 6) is 0.658. The largest absolute Gasteiger partial charge is 0.489 e. The fourth-order valence-corrected chi connectivity index (χ4v) is 3.18. The molecule has 1 unspecified atom stereocenters. The molecular formula is C19H20N4O2. The highest BCUT2D eigenvalue weighted by atomic mass is 16.5. The van der Waals surface area contributed by atoms with E-state index >= 15 is 0 Å². The van der Waals surface area contributed by atoms with Crippen molar-refractivity contribution < 1.29 is 9.53 Å². The molecule has 1 amide bonds. The van der Waals surface area contributed by atoms with Gasteiger partial charge in [0.25, 0.3) is 5.91 Å². The first-order valence-corrected chi connectivity index (χ1v) is 8.45. The van der Waals surface area contributed by atoms with E-state index in [0.717, 1.165) is 22.5 Å². The highest BCUT2D eigenvalue weighted by Crippen LogP contribution is 2.34. The number of carbonyl (C=O) groups excluding carboxylic acids is 1. The van der Waals surface area contributed by atoms with E-state index in [1.807, 2.05) is 41.9 Å². The van der Waals surface area contributed by atoms with E-state index in [2.05, 4.69) is 23.9 Å². The van der Waals surface area contributed by atoms with Gasteiger partial charge in [0.05, 0.1) is 23.5 Å². The van der Waals surface area contributed by atoms with Gasteiger partial charge < -0.3 is 4.74 Å². The number of amides is 1. The van der Waals surface area contributed by atoms with Crippen LogP contribution in [0.1, 0.15) is 37.2 Å². The summed E-state index contributed by atoms with van der Waals surface area (Å²) >= 11 is 0. The molecule has 0 fully saturated rings. The molecule has 6 nitrogen and oxygen atoms in total. The molecule has 0 radical (unpaired) electrons. The molecule has 25 heavy (non-hydrogen) atoms. The highest BCUT2D eigenvalue weighted by Gasteiger charge is 2.30. The number of ether oxygens (including phenoxy) is 1. The second kappa shape index (κ2) is 5.88. The van der Waals surface area contributed by atoms with Crippen LogP contribution in [0, 0.1) is 0 Å². The van der Waals surface area contributed by atoms with Gasteiger partial charge in [-0.3, -0.25) is 9.69 Å². The van der Waals surface area contributed by atoms with Crippen molar-refractivity contribution in [2.45, 2.75) is 32.9 Å². The molecule has 1 aliphatic rings. The summed E-state index contributed by atoms with van der Waals surface area (Å²) in [6, 6.07) is 9.65. The third kappa shape index (κ3) is 2.54. The molecule has 0 saturated carbocycles. The Balaban J connectivity index is 1.75. The average molecular weight is 336 g/mol. The van der Waals surface area contributed by atoms with Gasteiger partial charge in [-0.2, -0.15) is 5.10 Å². The minimum absolute atomic E-state index is 0.0449. The normalized spacial score (nSPS) is 16.8. The number of fused-ring (bicyclic) bond motifs is 2. The molecule has 2 aromatic heterocycles. The van der Waals surface area contributed by atoms with Crippen molar-refractivity contribution in [1.29, 1.82) is 0 Å². The summed E-state index contributed by atoms with van der Waals surface area (Å²) in [7, 11) is 0. The molecule has 3 aromatic rings. The standard InChI is InChI=1S/C19H20N4O2/c1-12(2)23-18-14(10-21-23)8-15(9-20-18)19(24)22-13(3)11-25-17-7-5-4-6-16(17)22/h4-10,12-13H,11H2,1-3H3. The number of hydrogen-bond acceptors (Lipinski definition) is 4. The number of nitrogens with zero attached hydrogens (tertiary/aromatic N) is 4. The molecule has 6 heteroatoms. The molecule has 0 N–H and O–H groups in total. The lowest BCUT2D eigenvalue weighted by Gasteiger charge is -2.35. The van der Waals surface area contributed by atoms with E-state index in [-0.39, 0.29) is 18.0 Å². The zero-order valence-electron chi connectivity index (χ0n) is 14.5. The molecule has 0 bridgehead atoms. The number of rotatable bonds is 2. The molecular weight excluding hydrogens is 316 g/mol. The summed E-state index contributed by atoms with van der Waals surface area (Å²) in [4.78, 5) is 19.4. The fourth-order valence-electron chi connectivity index (χ4n) is 3.18. The molecule has 1 aromatic carbocycles. The number of hydrogen-bond donors (Lipinski definition) is 0. The van der Waals surface area contributed by atoms with Gasteiger partial charge in [0.2, 0.25) is 0 Å². The van der Waals surface area contributed by atoms with Crippen LogP contribution in [0.2, 0.25) is 0 Å². The van der Waals surface area contributed by atoms with Gasteiger partial charge in [-0.15, -0.1) is 0 Å². The minimum Gasteiger partial charge on any atom is -0.489 e. The Hall–Kier alpha value is -2.89. The van der Waals surface area contributed by atoms with Gasteiger partial charge in [-0.05, 0) is 39.0 Å². The molecule has 128 valence electrons. The molecule has 0 aliphatic carbocycles. The first-order valence-electron chi connectivity index (χ1n) is 8.45. The van der Waals surface area contributed by atoms with Gasteiger partial charge in [-0.1, -0.05) is 12.1 Å². The molecule has 1 atom stereocenters. The molecule has 1 aliphatic heterocycles.